The fourth-order valence-corrected chi connectivity index (χ4v) is 1.83. The van der Waals surface area contributed by atoms with Crippen LogP contribution in [0.25, 0.3) is 0 Å². The monoisotopic (exact) mass is 291 g/mol. The fourth-order valence-electron chi connectivity index (χ4n) is 1.66. The summed E-state index contributed by atoms with van der Waals surface area (Å²) in [5.74, 6) is 0.238. The minimum Gasteiger partial charge on any atom is -0.506 e. The summed E-state index contributed by atoms with van der Waals surface area (Å²) in [6.45, 7) is 1.76. The van der Waals surface area contributed by atoms with Crippen molar-refractivity contribution in [2.45, 2.75) is 6.92 Å². The van der Waals surface area contributed by atoms with Gasteiger partial charge < -0.3 is 15.2 Å². The summed E-state index contributed by atoms with van der Waals surface area (Å²) in [7, 11) is 0. The van der Waals surface area contributed by atoms with E-state index in [9.17, 15) is 9.90 Å². The molecular weight excluding hydrogens is 278 g/mol. The number of phenols is 1. The summed E-state index contributed by atoms with van der Waals surface area (Å²) < 4.78 is 5.41. The third-order valence-electron chi connectivity index (χ3n) is 2.69. The fraction of sp³-hybridized carbons (Fsp3) is 0.133. The summed E-state index contributed by atoms with van der Waals surface area (Å²) in [5, 5.41) is 12.6. The van der Waals surface area contributed by atoms with Gasteiger partial charge in [0.1, 0.15) is 11.5 Å². The standard InChI is InChI=1S/C15H14ClNO3/c1-10-4-2-3-5-14(10)20-9-15(19)17-12-8-11(16)6-7-13(12)18/h2-8,18H,9H2,1H3,(H,17,19). The molecule has 104 valence electrons. The van der Waals surface area contributed by atoms with E-state index in [0.717, 1.165) is 5.56 Å². The van der Waals surface area contributed by atoms with E-state index in [2.05, 4.69) is 5.32 Å². The van der Waals surface area contributed by atoms with Gasteiger partial charge in [-0.25, -0.2) is 0 Å². The van der Waals surface area contributed by atoms with E-state index in [4.69, 9.17) is 16.3 Å². The van der Waals surface area contributed by atoms with Crippen molar-refractivity contribution in [3.05, 3.63) is 53.1 Å². The minimum atomic E-state index is -0.370. The maximum Gasteiger partial charge on any atom is 0.262 e. The van der Waals surface area contributed by atoms with Crippen LogP contribution in [-0.4, -0.2) is 17.6 Å². The Morgan fingerprint density at radius 3 is 2.80 bits per heavy atom. The lowest BCUT2D eigenvalue weighted by Gasteiger charge is -2.10. The topological polar surface area (TPSA) is 58.6 Å². The smallest absolute Gasteiger partial charge is 0.262 e. The Morgan fingerprint density at radius 2 is 2.05 bits per heavy atom. The van der Waals surface area contributed by atoms with Gasteiger partial charge >= 0.3 is 0 Å². The highest BCUT2D eigenvalue weighted by Gasteiger charge is 2.08. The van der Waals surface area contributed by atoms with E-state index in [0.29, 0.717) is 10.8 Å². The number of halogens is 1. The number of hydrogen-bond acceptors (Lipinski definition) is 3. The maximum absolute atomic E-state index is 11.8. The number of ether oxygens (including phenoxy) is 1. The molecule has 2 N–H and O–H groups in total. The molecule has 0 saturated heterocycles. The van der Waals surface area contributed by atoms with E-state index >= 15 is 0 Å². The third-order valence-corrected chi connectivity index (χ3v) is 2.92. The number of carbonyl (C=O) groups excluding carboxylic acids is 1. The van der Waals surface area contributed by atoms with Crippen LogP contribution >= 0.6 is 11.6 Å². The number of para-hydroxylation sites is 1. The Labute approximate surface area is 122 Å². The molecule has 4 nitrogen and oxygen atoms in total. The van der Waals surface area contributed by atoms with Gasteiger partial charge in [-0.2, -0.15) is 0 Å². The van der Waals surface area contributed by atoms with Crippen molar-refractivity contribution in [3.8, 4) is 11.5 Å². The van der Waals surface area contributed by atoms with Gasteiger partial charge in [-0.1, -0.05) is 29.8 Å². The molecule has 0 fully saturated rings. The van der Waals surface area contributed by atoms with Crippen molar-refractivity contribution in [2.24, 2.45) is 0 Å². The molecule has 2 rings (SSSR count). The minimum absolute atomic E-state index is 0.0429. The zero-order valence-electron chi connectivity index (χ0n) is 10.9. The molecule has 0 atom stereocenters. The molecule has 20 heavy (non-hydrogen) atoms. The van der Waals surface area contributed by atoms with Crippen LogP contribution in [0.4, 0.5) is 5.69 Å². The molecular formula is C15H14ClNO3. The van der Waals surface area contributed by atoms with Crippen LogP contribution in [0.2, 0.25) is 5.02 Å². The molecule has 2 aromatic carbocycles. The highest BCUT2D eigenvalue weighted by Crippen LogP contribution is 2.26. The number of carbonyl (C=O) groups is 1. The second-order valence-corrected chi connectivity index (χ2v) is 4.70. The zero-order chi connectivity index (χ0) is 14.5. The van der Waals surface area contributed by atoms with Gasteiger partial charge in [0, 0.05) is 5.02 Å². The van der Waals surface area contributed by atoms with Crippen LogP contribution in [-0.2, 0) is 4.79 Å². The molecule has 0 bridgehead atoms. The van der Waals surface area contributed by atoms with Crippen LogP contribution in [0.1, 0.15) is 5.56 Å². The van der Waals surface area contributed by atoms with Gasteiger partial charge in [0.25, 0.3) is 5.91 Å². The maximum atomic E-state index is 11.8. The van der Waals surface area contributed by atoms with Gasteiger partial charge in [-0.05, 0) is 36.8 Å². The predicted molar refractivity (Wildman–Crippen MR) is 78.4 cm³/mol. The molecule has 0 saturated carbocycles. The van der Waals surface area contributed by atoms with E-state index in [1.807, 2.05) is 25.1 Å². The number of amides is 1. The Bertz CT molecular complexity index is 628. The summed E-state index contributed by atoms with van der Waals surface area (Å²) >= 11 is 5.80. The summed E-state index contributed by atoms with van der Waals surface area (Å²) in [6.07, 6.45) is 0. The third kappa shape index (κ3) is 3.65. The Morgan fingerprint density at radius 1 is 1.30 bits per heavy atom. The van der Waals surface area contributed by atoms with Crippen LogP contribution in [0.15, 0.2) is 42.5 Å². The van der Waals surface area contributed by atoms with Gasteiger partial charge in [0.2, 0.25) is 0 Å². The van der Waals surface area contributed by atoms with Crippen LogP contribution < -0.4 is 10.1 Å². The first-order valence-electron chi connectivity index (χ1n) is 6.03. The number of anilines is 1. The van der Waals surface area contributed by atoms with Gasteiger partial charge in [-0.3, -0.25) is 4.79 Å². The van der Waals surface area contributed by atoms with Crippen LogP contribution in [0.5, 0.6) is 11.5 Å². The number of aryl methyl sites for hydroxylation is 1. The van der Waals surface area contributed by atoms with E-state index < -0.39 is 0 Å². The Hall–Kier alpha value is -2.20. The van der Waals surface area contributed by atoms with E-state index in [1.165, 1.54) is 18.2 Å². The lowest BCUT2D eigenvalue weighted by Crippen LogP contribution is -2.20. The molecule has 0 aliphatic rings. The first-order valence-corrected chi connectivity index (χ1v) is 6.41. The number of rotatable bonds is 4. The molecule has 0 aliphatic heterocycles. The molecule has 0 aliphatic carbocycles. The molecule has 5 heteroatoms. The highest BCUT2D eigenvalue weighted by atomic mass is 35.5. The molecule has 1 amide bonds. The van der Waals surface area contributed by atoms with Crippen molar-refractivity contribution in [2.75, 3.05) is 11.9 Å². The van der Waals surface area contributed by atoms with E-state index in [-0.39, 0.29) is 24.0 Å². The largest absolute Gasteiger partial charge is 0.506 e. The van der Waals surface area contributed by atoms with Crippen molar-refractivity contribution >= 4 is 23.2 Å². The first-order chi connectivity index (χ1) is 9.56. The van der Waals surface area contributed by atoms with Gasteiger partial charge in [0.15, 0.2) is 6.61 Å². The van der Waals surface area contributed by atoms with E-state index in [1.54, 1.807) is 6.07 Å². The second-order valence-electron chi connectivity index (χ2n) is 4.26. The summed E-state index contributed by atoms with van der Waals surface area (Å²) in [5.41, 5.74) is 1.21. The number of hydrogen-bond donors (Lipinski definition) is 2. The summed E-state index contributed by atoms with van der Waals surface area (Å²) in [6, 6.07) is 11.9. The van der Waals surface area contributed by atoms with Crippen LogP contribution in [0.3, 0.4) is 0 Å². The quantitative estimate of drug-likeness (QED) is 0.849. The van der Waals surface area contributed by atoms with Gasteiger partial charge in [0.05, 0.1) is 5.69 Å². The van der Waals surface area contributed by atoms with Crippen molar-refractivity contribution < 1.29 is 14.6 Å². The molecule has 0 unspecified atom stereocenters. The average Bonchev–Trinajstić information content (AvgIpc) is 2.42. The number of nitrogens with one attached hydrogen (secondary N) is 1. The molecule has 0 heterocycles. The number of aromatic hydroxyl groups is 1. The van der Waals surface area contributed by atoms with Gasteiger partial charge in [-0.15, -0.1) is 0 Å². The zero-order valence-corrected chi connectivity index (χ0v) is 11.6. The SMILES string of the molecule is Cc1ccccc1OCC(=O)Nc1cc(Cl)ccc1O. The first kappa shape index (κ1) is 14.2. The van der Waals surface area contributed by atoms with Crippen molar-refractivity contribution in [1.29, 1.82) is 0 Å². The number of benzene rings is 2. The molecule has 0 aromatic heterocycles. The highest BCUT2D eigenvalue weighted by molar-refractivity contribution is 6.31. The van der Waals surface area contributed by atoms with Crippen LogP contribution in [0, 0.1) is 6.92 Å². The summed E-state index contributed by atoms with van der Waals surface area (Å²) in [4.78, 5) is 11.8. The van der Waals surface area contributed by atoms with Crippen molar-refractivity contribution in [3.63, 3.8) is 0 Å². The molecule has 0 spiro atoms. The second kappa shape index (κ2) is 6.30. The molecule has 2 aromatic rings. The average molecular weight is 292 g/mol. The van der Waals surface area contributed by atoms with Crippen molar-refractivity contribution in [1.82, 2.24) is 0 Å². The normalized spacial score (nSPS) is 10.1. The lowest BCUT2D eigenvalue weighted by molar-refractivity contribution is -0.118. The Balaban J connectivity index is 1.96. The predicted octanol–water partition coefficient (Wildman–Crippen LogP) is 3.37. The number of phenolic OH excluding ortho intramolecular Hbond substituents is 1. The lowest BCUT2D eigenvalue weighted by atomic mass is 10.2. The molecule has 0 radical (unpaired) electrons. The Kier molecular flexibility index (Phi) is 4.48.